The molecule has 0 spiro atoms. The largest absolute Gasteiger partial charge is 0.316 e. The van der Waals surface area contributed by atoms with Crippen molar-refractivity contribution in [2.45, 2.75) is 0 Å². The summed E-state index contributed by atoms with van der Waals surface area (Å²) >= 11 is 0. The molecule has 3 N–H and O–H groups in total. The molecule has 3 heteroatoms. The SMILES string of the molecule is N=CCNO. The molecule has 0 rings (SSSR count). The molecule has 0 heterocycles. The van der Waals surface area contributed by atoms with Crippen molar-refractivity contribution in [2.75, 3.05) is 6.54 Å². The second kappa shape index (κ2) is 3.59. The summed E-state index contributed by atoms with van der Waals surface area (Å²) in [6.07, 6.45) is 1.07. The van der Waals surface area contributed by atoms with Gasteiger partial charge in [0.05, 0.1) is 6.54 Å². The highest BCUT2D eigenvalue weighted by atomic mass is 16.5. The lowest BCUT2D eigenvalue weighted by molar-refractivity contribution is 0.184. The predicted octanol–water partition coefficient (Wildman–Crippen LogP) is -0.385. The maximum absolute atomic E-state index is 7.66. The Bertz CT molecular complexity index is 28.8. The van der Waals surface area contributed by atoms with Gasteiger partial charge in [-0.15, -0.1) is 0 Å². The molecule has 0 aromatic carbocycles. The first-order valence-electron chi connectivity index (χ1n) is 1.27. The van der Waals surface area contributed by atoms with E-state index in [-0.39, 0.29) is 6.54 Å². The molecule has 0 saturated carbocycles. The minimum atomic E-state index is 0.236. The van der Waals surface area contributed by atoms with E-state index >= 15 is 0 Å². The fourth-order valence-corrected chi connectivity index (χ4v) is 0.0456. The number of hydroxylamine groups is 1. The summed E-state index contributed by atoms with van der Waals surface area (Å²) in [5.74, 6) is 0. The highest BCUT2D eigenvalue weighted by Gasteiger charge is 1.60. The number of nitrogens with one attached hydrogen (secondary N) is 2. The van der Waals surface area contributed by atoms with Crippen LogP contribution in [0.4, 0.5) is 0 Å². The van der Waals surface area contributed by atoms with Crippen molar-refractivity contribution in [1.82, 2.24) is 5.48 Å². The number of hydrogen-bond donors (Lipinski definition) is 3. The zero-order chi connectivity index (χ0) is 4.12. The van der Waals surface area contributed by atoms with Gasteiger partial charge in [0.1, 0.15) is 0 Å². The molecule has 0 amide bonds. The Hall–Kier alpha value is -0.410. The van der Waals surface area contributed by atoms with Crippen molar-refractivity contribution in [2.24, 2.45) is 0 Å². The Kier molecular flexibility index (Phi) is 3.30. The first-order valence-corrected chi connectivity index (χ1v) is 1.27. The van der Waals surface area contributed by atoms with Crippen LogP contribution in [0.3, 0.4) is 0 Å². The summed E-state index contributed by atoms with van der Waals surface area (Å²) < 4.78 is 0. The van der Waals surface area contributed by atoms with Crippen molar-refractivity contribution in [1.29, 1.82) is 5.41 Å². The van der Waals surface area contributed by atoms with Crippen molar-refractivity contribution in [3.05, 3.63) is 0 Å². The van der Waals surface area contributed by atoms with Crippen LogP contribution in [0.15, 0.2) is 0 Å². The van der Waals surface area contributed by atoms with Gasteiger partial charge in [0, 0.05) is 6.21 Å². The van der Waals surface area contributed by atoms with Crippen LogP contribution in [0.2, 0.25) is 0 Å². The average molecular weight is 74.1 g/mol. The molecule has 0 atom stereocenters. The van der Waals surface area contributed by atoms with Gasteiger partial charge < -0.3 is 10.6 Å². The van der Waals surface area contributed by atoms with E-state index in [1.54, 1.807) is 5.48 Å². The van der Waals surface area contributed by atoms with Gasteiger partial charge in [0.15, 0.2) is 0 Å². The molecule has 0 radical (unpaired) electrons. The van der Waals surface area contributed by atoms with E-state index in [0.29, 0.717) is 0 Å². The lowest BCUT2D eigenvalue weighted by Gasteiger charge is -1.77. The molecule has 0 aliphatic carbocycles. The molecular formula is C2H6N2O. The van der Waals surface area contributed by atoms with Crippen LogP contribution in [-0.2, 0) is 0 Å². The first-order chi connectivity index (χ1) is 2.41. The number of hydrogen-bond acceptors (Lipinski definition) is 3. The summed E-state index contributed by atoms with van der Waals surface area (Å²) in [6, 6.07) is 0. The van der Waals surface area contributed by atoms with Gasteiger partial charge in [-0.3, -0.25) is 0 Å². The molecule has 0 aromatic heterocycles. The predicted molar refractivity (Wildman–Crippen MR) is 18.6 cm³/mol. The summed E-state index contributed by atoms with van der Waals surface area (Å²) in [5.41, 5.74) is 1.77. The molecule has 0 fully saturated rings. The minimum Gasteiger partial charge on any atom is -0.316 e. The molecule has 0 aliphatic rings. The van der Waals surface area contributed by atoms with Crippen molar-refractivity contribution < 1.29 is 5.21 Å². The van der Waals surface area contributed by atoms with Gasteiger partial charge in [-0.25, -0.2) is 5.48 Å². The van der Waals surface area contributed by atoms with E-state index in [2.05, 4.69) is 0 Å². The smallest absolute Gasteiger partial charge is 0.0554 e. The van der Waals surface area contributed by atoms with E-state index in [4.69, 9.17) is 10.6 Å². The highest BCUT2D eigenvalue weighted by molar-refractivity contribution is 5.54. The first kappa shape index (κ1) is 4.59. The Labute approximate surface area is 30.1 Å². The fourth-order valence-electron chi connectivity index (χ4n) is 0.0456. The fraction of sp³-hybridized carbons (Fsp3) is 0.500. The second-order valence-corrected chi connectivity index (χ2v) is 0.566. The molecule has 5 heavy (non-hydrogen) atoms. The van der Waals surface area contributed by atoms with E-state index in [1.165, 1.54) is 0 Å². The third-order valence-electron chi connectivity index (χ3n) is 0.193. The van der Waals surface area contributed by atoms with Gasteiger partial charge in [-0.1, -0.05) is 0 Å². The van der Waals surface area contributed by atoms with Crippen LogP contribution in [0.25, 0.3) is 0 Å². The van der Waals surface area contributed by atoms with E-state index in [0.717, 1.165) is 6.21 Å². The normalized spacial score (nSPS) is 7.40. The topological polar surface area (TPSA) is 56.1 Å². The third-order valence-corrected chi connectivity index (χ3v) is 0.193. The number of rotatable bonds is 2. The zero-order valence-electron chi connectivity index (χ0n) is 2.73. The van der Waals surface area contributed by atoms with Gasteiger partial charge in [0.2, 0.25) is 0 Å². The van der Waals surface area contributed by atoms with Crippen LogP contribution in [0.1, 0.15) is 0 Å². The van der Waals surface area contributed by atoms with Crippen LogP contribution in [0, 0.1) is 5.41 Å². The van der Waals surface area contributed by atoms with Crippen molar-refractivity contribution in [3.63, 3.8) is 0 Å². The summed E-state index contributed by atoms with van der Waals surface area (Å²) in [7, 11) is 0. The van der Waals surface area contributed by atoms with Gasteiger partial charge in [-0.05, 0) is 0 Å². The minimum absolute atomic E-state index is 0.236. The Morgan fingerprint density at radius 3 is 2.60 bits per heavy atom. The molecule has 0 unspecified atom stereocenters. The maximum atomic E-state index is 7.66. The molecule has 0 saturated heterocycles. The van der Waals surface area contributed by atoms with Gasteiger partial charge in [-0.2, -0.15) is 0 Å². The quantitative estimate of drug-likeness (QED) is 0.309. The summed E-state index contributed by atoms with van der Waals surface area (Å²) in [6.45, 7) is 0.236. The third kappa shape index (κ3) is 3.59. The second-order valence-electron chi connectivity index (χ2n) is 0.566. The Morgan fingerprint density at radius 2 is 2.60 bits per heavy atom. The zero-order valence-corrected chi connectivity index (χ0v) is 2.73. The average Bonchev–Trinajstić information content (AvgIpc) is 1.41. The van der Waals surface area contributed by atoms with Crippen LogP contribution in [-0.4, -0.2) is 18.0 Å². The summed E-state index contributed by atoms with van der Waals surface area (Å²) in [4.78, 5) is 0. The summed E-state index contributed by atoms with van der Waals surface area (Å²) in [5, 5.41) is 13.9. The van der Waals surface area contributed by atoms with E-state index in [9.17, 15) is 0 Å². The van der Waals surface area contributed by atoms with Gasteiger partial charge in [0.25, 0.3) is 0 Å². The molecule has 30 valence electrons. The maximum Gasteiger partial charge on any atom is 0.0554 e. The molecule has 0 bridgehead atoms. The lowest BCUT2D eigenvalue weighted by Crippen LogP contribution is -2.08. The van der Waals surface area contributed by atoms with Crippen molar-refractivity contribution >= 4 is 6.21 Å². The Balaban J connectivity index is 2.40. The Morgan fingerprint density at radius 1 is 2.00 bits per heavy atom. The van der Waals surface area contributed by atoms with Crippen molar-refractivity contribution in [3.8, 4) is 0 Å². The standard InChI is InChI=1S/C2H6N2O/c3-1-2-4-5/h1,3-5H,2H2. The van der Waals surface area contributed by atoms with E-state index < -0.39 is 0 Å². The van der Waals surface area contributed by atoms with Crippen LogP contribution >= 0.6 is 0 Å². The molecule has 0 aliphatic heterocycles. The monoisotopic (exact) mass is 74.0 g/mol. The van der Waals surface area contributed by atoms with Gasteiger partial charge >= 0.3 is 0 Å². The van der Waals surface area contributed by atoms with Crippen LogP contribution < -0.4 is 5.48 Å². The van der Waals surface area contributed by atoms with E-state index in [1.807, 2.05) is 0 Å². The molecule has 3 nitrogen and oxygen atoms in total. The van der Waals surface area contributed by atoms with Crippen LogP contribution in [0.5, 0.6) is 0 Å². The molecular weight excluding hydrogens is 68.0 g/mol. The highest BCUT2D eigenvalue weighted by Crippen LogP contribution is 1.33. The lowest BCUT2D eigenvalue weighted by atomic mass is 10.8. The molecule has 0 aromatic rings.